The van der Waals surface area contributed by atoms with Crippen molar-refractivity contribution in [2.75, 3.05) is 4.90 Å². The van der Waals surface area contributed by atoms with Crippen molar-refractivity contribution >= 4 is 49.4 Å². The predicted molar refractivity (Wildman–Crippen MR) is 211 cm³/mol. The summed E-state index contributed by atoms with van der Waals surface area (Å²) in [5.41, 5.74) is 7.78. The predicted octanol–water partition coefficient (Wildman–Crippen LogP) is 13.8. The van der Waals surface area contributed by atoms with Gasteiger partial charge in [0.25, 0.3) is 0 Å². The summed E-state index contributed by atoms with van der Waals surface area (Å²) in [6.07, 6.45) is 0. The van der Waals surface area contributed by atoms with E-state index in [4.69, 9.17) is 9.47 Å². The molecule has 10 rings (SSSR count). The first-order valence-corrected chi connectivity index (χ1v) is 17.3. The molecule has 0 bridgehead atoms. The Balaban J connectivity index is 1.16. The molecule has 1 aliphatic heterocycles. The molecule has 0 fully saturated rings. The van der Waals surface area contributed by atoms with Crippen LogP contribution in [-0.4, -0.2) is 0 Å². The number of benzene rings is 9. The third-order valence-corrected chi connectivity index (χ3v) is 9.89. The summed E-state index contributed by atoms with van der Waals surface area (Å²) in [5.74, 6) is 2.91. The molecule has 0 atom stereocenters. The van der Waals surface area contributed by atoms with Gasteiger partial charge in [0.05, 0.1) is 11.4 Å². The Morgan fingerprint density at radius 1 is 0.353 bits per heavy atom. The fraction of sp³-hybridized carbons (Fsp3) is 0. The molecule has 9 aromatic rings. The summed E-state index contributed by atoms with van der Waals surface area (Å²) in [5, 5.41) is 6.67. The largest absolute Gasteiger partial charge is 0.449 e. The van der Waals surface area contributed by atoms with E-state index in [0.29, 0.717) is 11.5 Å². The summed E-state index contributed by atoms with van der Waals surface area (Å²) < 4.78 is 13.5. The molecular weight excluding hydrogens is 623 g/mol. The van der Waals surface area contributed by atoms with Gasteiger partial charge in [-0.1, -0.05) is 152 Å². The third kappa shape index (κ3) is 4.82. The van der Waals surface area contributed by atoms with E-state index in [9.17, 15) is 0 Å². The molecule has 1 heterocycles. The van der Waals surface area contributed by atoms with Crippen molar-refractivity contribution in [3.05, 3.63) is 188 Å². The maximum atomic E-state index is 6.82. The number of ether oxygens (including phenoxy) is 2. The first-order chi connectivity index (χ1) is 25.3. The van der Waals surface area contributed by atoms with Gasteiger partial charge in [-0.25, -0.2) is 0 Å². The minimum atomic E-state index is 0.698. The van der Waals surface area contributed by atoms with Crippen molar-refractivity contribution in [3.8, 4) is 45.3 Å². The van der Waals surface area contributed by atoms with Gasteiger partial charge in [-0.05, 0) is 69.2 Å². The lowest BCUT2D eigenvalue weighted by Crippen LogP contribution is -2.12. The smallest absolute Gasteiger partial charge is 0.178 e. The summed E-state index contributed by atoms with van der Waals surface area (Å²) in [4.78, 5) is 2.39. The highest BCUT2D eigenvalue weighted by atomic mass is 16.6. The summed E-state index contributed by atoms with van der Waals surface area (Å²) in [6, 6.07) is 66.1. The second kappa shape index (κ2) is 11.9. The minimum Gasteiger partial charge on any atom is -0.449 e. The molecule has 0 aromatic heterocycles. The van der Waals surface area contributed by atoms with Gasteiger partial charge in [0, 0.05) is 27.4 Å². The van der Waals surface area contributed by atoms with Gasteiger partial charge in [0.2, 0.25) is 0 Å². The van der Waals surface area contributed by atoms with Crippen molar-refractivity contribution in [1.82, 2.24) is 0 Å². The van der Waals surface area contributed by atoms with Gasteiger partial charge in [0.1, 0.15) is 0 Å². The highest BCUT2D eigenvalue weighted by Gasteiger charge is 2.26. The zero-order valence-electron chi connectivity index (χ0n) is 27.7. The molecule has 0 aliphatic carbocycles. The number of para-hydroxylation sites is 2. The minimum absolute atomic E-state index is 0.698. The van der Waals surface area contributed by atoms with Gasteiger partial charge in [0.15, 0.2) is 23.0 Å². The van der Waals surface area contributed by atoms with Gasteiger partial charge in [-0.15, -0.1) is 0 Å². The average Bonchev–Trinajstić information content (AvgIpc) is 3.21. The molecule has 0 spiro atoms. The Kier molecular flexibility index (Phi) is 6.81. The molecule has 0 saturated carbocycles. The van der Waals surface area contributed by atoms with Crippen LogP contribution < -0.4 is 14.4 Å². The van der Waals surface area contributed by atoms with Crippen molar-refractivity contribution < 1.29 is 9.47 Å². The van der Waals surface area contributed by atoms with Crippen LogP contribution in [0.1, 0.15) is 0 Å². The van der Waals surface area contributed by atoms with Crippen LogP contribution in [0, 0.1) is 0 Å². The maximum absolute atomic E-state index is 6.82. The van der Waals surface area contributed by atoms with Gasteiger partial charge < -0.3 is 14.4 Å². The van der Waals surface area contributed by atoms with E-state index in [-0.39, 0.29) is 0 Å². The SMILES string of the molecule is c1ccc(-c2ccccc2N(c2ccccc2)c2cccc3cccc(-c4ccc5c(c4)Oc4c(c6ccccc6c6ccccc46)O5)c23)cc1. The topological polar surface area (TPSA) is 21.7 Å². The number of hydrogen-bond donors (Lipinski definition) is 0. The fourth-order valence-electron chi connectivity index (χ4n) is 7.60. The lowest BCUT2D eigenvalue weighted by atomic mass is 9.94. The van der Waals surface area contributed by atoms with Crippen LogP contribution in [-0.2, 0) is 0 Å². The number of fused-ring (bicyclic) bond motifs is 8. The number of nitrogens with zero attached hydrogens (tertiary/aromatic N) is 1. The van der Waals surface area contributed by atoms with Crippen molar-refractivity contribution in [2.45, 2.75) is 0 Å². The van der Waals surface area contributed by atoms with Crippen molar-refractivity contribution in [3.63, 3.8) is 0 Å². The van der Waals surface area contributed by atoms with E-state index in [1.807, 2.05) is 6.07 Å². The van der Waals surface area contributed by atoms with Crippen molar-refractivity contribution in [1.29, 1.82) is 0 Å². The number of hydrogen-bond acceptors (Lipinski definition) is 3. The third-order valence-electron chi connectivity index (χ3n) is 9.89. The van der Waals surface area contributed by atoms with Crippen molar-refractivity contribution in [2.24, 2.45) is 0 Å². The van der Waals surface area contributed by atoms with Gasteiger partial charge in [-0.3, -0.25) is 0 Å². The first kappa shape index (κ1) is 29.1. The summed E-state index contributed by atoms with van der Waals surface area (Å²) >= 11 is 0. The highest BCUT2D eigenvalue weighted by molar-refractivity contribution is 6.14. The van der Waals surface area contributed by atoms with E-state index in [2.05, 4.69) is 187 Å². The Labute approximate surface area is 296 Å². The molecular formula is C48H31NO2. The fourth-order valence-corrected chi connectivity index (χ4v) is 7.60. The van der Waals surface area contributed by atoms with Crippen LogP contribution in [0.25, 0.3) is 54.6 Å². The normalized spacial score (nSPS) is 11.8. The molecule has 3 nitrogen and oxygen atoms in total. The maximum Gasteiger partial charge on any atom is 0.178 e. The molecule has 0 saturated heterocycles. The summed E-state index contributed by atoms with van der Waals surface area (Å²) in [7, 11) is 0. The molecule has 51 heavy (non-hydrogen) atoms. The molecule has 9 aromatic carbocycles. The molecule has 0 N–H and O–H groups in total. The second-order valence-corrected chi connectivity index (χ2v) is 12.9. The van der Waals surface area contributed by atoms with E-state index in [0.717, 1.165) is 77.6 Å². The monoisotopic (exact) mass is 653 g/mol. The van der Waals surface area contributed by atoms with Crippen LogP contribution >= 0.6 is 0 Å². The number of anilines is 3. The molecule has 0 unspecified atom stereocenters. The lowest BCUT2D eigenvalue weighted by Gasteiger charge is -2.30. The Hall–Kier alpha value is -6.84. The average molecular weight is 654 g/mol. The molecule has 1 aliphatic rings. The standard InChI is InChI=1S/C48H31NO2/c1-3-15-32(16-4-1)36-21-11-12-27-42(36)49(35-19-5-2-6-20-35)43-28-14-18-33-17-13-26-37(46(33)43)34-29-30-44-45(31-34)51-48-41-25-10-8-23-39(41)38-22-7-9-24-40(38)47(48)50-44/h1-31H. The molecule has 3 heteroatoms. The Bertz CT molecular complexity index is 2750. The summed E-state index contributed by atoms with van der Waals surface area (Å²) in [6.45, 7) is 0. The van der Waals surface area contributed by atoms with Crippen LogP contribution in [0.4, 0.5) is 17.1 Å². The molecule has 0 radical (unpaired) electrons. The zero-order valence-corrected chi connectivity index (χ0v) is 27.7. The Morgan fingerprint density at radius 2 is 0.902 bits per heavy atom. The van der Waals surface area contributed by atoms with E-state index in [1.165, 1.54) is 5.56 Å². The lowest BCUT2D eigenvalue weighted by molar-refractivity contribution is 0.367. The van der Waals surface area contributed by atoms with Gasteiger partial charge >= 0.3 is 0 Å². The van der Waals surface area contributed by atoms with E-state index in [1.54, 1.807) is 0 Å². The molecule has 240 valence electrons. The first-order valence-electron chi connectivity index (χ1n) is 17.3. The number of rotatable bonds is 5. The van der Waals surface area contributed by atoms with E-state index >= 15 is 0 Å². The highest BCUT2D eigenvalue weighted by Crippen LogP contribution is 2.54. The quantitative estimate of drug-likeness (QED) is 0.173. The van der Waals surface area contributed by atoms with Crippen LogP contribution in [0.2, 0.25) is 0 Å². The van der Waals surface area contributed by atoms with Crippen LogP contribution in [0.5, 0.6) is 23.0 Å². The van der Waals surface area contributed by atoms with Crippen LogP contribution in [0.3, 0.4) is 0 Å². The zero-order chi connectivity index (χ0) is 33.7. The van der Waals surface area contributed by atoms with Gasteiger partial charge in [-0.2, -0.15) is 0 Å². The van der Waals surface area contributed by atoms with Crippen LogP contribution in [0.15, 0.2) is 188 Å². The Morgan fingerprint density at radius 3 is 1.63 bits per heavy atom. The second-order valence-electron chi connectivity index (χ2n) is 12.9. The molecule has 0 amide bonds. The van der Waals surface area contributed by atoms with E-state index < -0.39 is 0 Å².